The number of aliphatic imine (C=N–C) groups is 1. The standard InChI is InChI=1S/C19H13ClFN3O2/c1-11(25)26-19-18-22-8-9-24(18)16-7-6-12(21)10-14(16)17(23-19)13-4-2-3-5-15(13)20/h2-10,19H,1H3. The van der Waals surface area contributed by atoms with Crippen LogP contribution in [0, 0.1) is 5.82 Å². The van der Waals surface area contributed by atoms with Gasteiger partial charge in [0.1, 0.15) is 5.82 Å². The summed E-state index contributed by atoms with van der Waals surface area (Å²) in [5, 5.41) is 0.461. The first-order valence-corrected chi connectivity index (χ1v) is 8.26. The van der Waals surface area contributed by atoms with E-state index in [1.54, 1.807) is 41.2 Å². The molecule has 1 unspecified atom stereocenters. The fraction of sp³-hybridized carbons (Fsp3) is 0.105. The first-order valence-electron chi connectivity index (χ1n) is 7.88. The number of benzene rings is 2. The molecule has 3 aromatic rings. The average Bonchev–Trinajstić information content (AvgIpc) is 3.04. The van der Waals surface area contributed by atoms with Crippen molar-refractivity contribution in [3.05, 3.63) is 82.6 Å². The molecule has 4 rings (SSSR count). The van der Waals surface area contributed by atoms with Crippen molar-refractivity contribution in [2.45, 2.75) is 13.2 Å². The highest BCUT2D eigenvalue weighted by molar-refractivity contribution is 6.35. The van der Waals surface area contributed by atoms with Crippen molar-refractivity contribution in [2.24, 2.45) is 4.99 Å². The molecule has 1 atom stereocenters. The topological polar surface area (TPSA) is 56.5 Å². The smallest absolute Gasteiger partial charge is 0.304 e. The Hall–Kier alpha value is -2.99. The SMILES string of the molecule is CC(=O)OC1N=C(c2ccccc2Cl)c2cc(F)ccc2-n2ccnc21. The number of aromatic nitrogens is 2. The number of nitrogens with zero attached hydrogens (tertiary/aromatic N) is 3. The van der Waals surface area contributed by atoms with E-state index in [1.807, 2.05) is 6.07 Å². The third kappa shape index (κ3) is 2.78. The van der Waals surface area contributed by atoms with Crippen LogP contribution in [0.25, 0.3) is 5.69 Å². The van der Waals surface area contributed by atoms with E-state index in [1.165, 1.54) is 19.1 Å². The van der Waals surface area contributed by atoms with E-state index in [0.29, 0.717) is 33.4 Å². The highest BCUT2D eigenvalue weighted by atomic mass is 35.5. The van der Waals surface area contributed by atoms with E-state index in [-0.39, 0.29) is 0 Å². The molecule has 7 heteroatoms. The third-order valence-electron chi connectivity index (χ3n) is 4.02. The summed E-state index contributed by atoms with van der Waals surface area (Å²) in [7, 11) is 0. The maximum absolute atomic E-state index is 14.0. The van der Waals surface area contributed by atoms with Gasteiger partial charge >= 0.3 is 5.97 Å². The summed E-state index contributed by atoms with van der Waals surface area (Å²) >= 11 is 6.35. The van der Waals surface area contributed by atoms with Gasteiger partial charge in [0, 0.05) is 35.5 Å². The molecule has 0 radical (unpaired) electrons. The van der Waals surface area contributed by atoms with Gasteiger partial charge in [-0.3, -0.25) is 9.36 Å². The minimum absolute atomic E-state index is 0.406. The van der Waals surface area contributed by atoms with E-state index < -0.39 is 18.0 Å². The monoisotopic (exact) mass is 369 g/mol. The number of ether oxygens (including phenoxy) is 1. The second kappa shape index (κ2) is 6.38. The van der Waals surface area contributed by atoms with Crippen LogP contribution in [0.4, 0.5) is 4.39 Å². The molecule has 0 saturated carbocycles. The number of imidazole rings is 1. The summed E-state index contributed by atoms with van der Waals surface area (Å²) < 4.78 is 21.1. The number of esters is 1. The minimum Gasteiger partial charge on any atom is -0.432 e. The minimum atomic E-state index is -0.968. The van der Waals surface area contributed by atoms with E-state index in [4.69, 9.17) is 16.3 Å². The lowest BCUT2D eigenvalue weighted by Crippen LogP contribution is -2.11. The number of rotatable bonds is 2. The van der Waals surface area contributed by atoms with Gasteiger partial charge in [0.2, 0.25) is 0 Å². The predicted octanol–water partition coefficient (Wildman–Crippen LogP) is 4.08. The largest absolute Gasteiger partial charge is 0.432 e. The zero-order valence-corrected chi connectivity index (χ0v) is 14.4. The lowest BCUT2D eigenvalue weighted by Gasteiger charge is -2.12. The first kappa shape index (κ1) is 16.5. The molecule has 0 saturated heterocycles. The number of carbonyl (C=O) groups excluding carboxylic acids is 1. The molecule has 2 heterocycles. The summed E-state index contributed by atoms with van der Waals surface area (Å²) in [5.74, 6) is -0.477. The number of fused-ring (bicyclic) bond motifs is 3. The van der Waals surface area contributed by atoms with Crippen LogP contribution in [-0.2, 0) is 9.53 Å². The highest BCUT2D eigenvalue weighted by Crippen LogP contribution is 2.32. The molecule has 1 aliphatic heterocycles. The van der Waals surface area contributed by atoms with Gasteiger partial charge in [0.15, 0.2) is 5.82 Å². The molecule has 26 heavy (non-hydrogen) atoms. The van der Waals surface area contributed by atoms with Gasteiger partial charge in [-0.25, -0.2) is 14.4 Å². The predicted molar refractivity (Wildman–Crippen MR) is 95.1 cm³/mol. The Bertz CT molecular complexity index is 1040. The van der Waals surface area contributed by atoms with Gasteiger partial charge in [0.05, 0.1) is 11.4 Å². The summed E-state index contributed by atoms with van der Waals surface area (Å²) in [4.78, 5) is 20.4. The van der Waals surface area contributed by atoms with Gasteiger partial charge in [-0.1, -0.05) is 29.8 Å². The number of hydrogen-bond donors (Lipinski definition) is 0. The van der Waals surface area contributed by atoms with Crippen molar-refractivity contribution in [1.82, 2.24) is 9.55 Å². The molecule has 0 fully saturated rings. The molecule has 0 amide bonds. The molecule has 0 aliphatic carbocycles. The van der Waals surface area contributed by atoms with E-state index in [0.717, 1.165) is 0 Å². The van der Waals surface area contributed by atoms with Crippen molar-refractivity contribution in [2.75, 3.05) is 0 Å². The maximum Gasteiger partial charge on any atom is 0.304 e. The molecule has 2 aromatic carbocycles. The van der Waals surface area contributed by atoms with Crippen LogP contribution < -0.4 is 0 Å². The van der Waals surface area contributed by atoms with E-state index in [2.05, 4.69) is 9.98 Å². The van der Waals surface area contributed by atoms with Gasteiger partial charge in [-0.2, -0.15) is 0 Å². The lowest BCUT2D eigenvalue weighted by molar-refractivity contribution is -0.146. The molecule has 0 spiro atoms. The normalized spacial score (nSPS) is 15.5. The second-order valence-electron chi connectivity index (χ2n) is 5.74. The Balaban J connectivity index is 2.03. The maximum atomic E-state index is 14.0. The molecular formula is C19H13ClFN3O2. The van der Waals surface area contributed by atoms with Crippen molar-refractivity contribution in [3.8, 4) is 5.69 Å². The van der Waals surface area contributed by atoms with Crippen LogP contribution in [0.5, 0.6) is 0 Å². The number of carbonyl (C=O) groups is 1. The quantitative estimate of drug-likeness (QED) is 0.640. The van der Waals surface area contributed by atoms with Crippen molar-refractivity contribution in [1.29, 1.82) is 0 Å². The molecular weight excluding hydrogens is 357 g/mol. The summed E-state index contributed by atoms with van der Waals surface area (Å²) in [6.45, 7) is 1.30. The van der Waals surface area contributed by atoms with Crippen molar-refractivity contribution < 1.29 is 13.9 Å². The number of hydrogen-bond acceptors (Lipinski definition) is 4. The van der Waals surface area contributed by atoms with Gasteiger partial charge < -0.3 is 4.74 Å². The van der Waals surface area contributed by atoms with Gasteiger partial charge in [-0.15, -0.1) is 0 Å². The Morgan fingerprint density at radius 1 is 1.23 bits per heavy atom. The molecule has 1 aliphatic rings. The molecule has 1 aromatic heterocycles. The Labute approximate surface area is 153 Å². The van der Waals surface area contributed by atoms with Crippen LogP contribution in [0.3, 0.4) is 0 Å². The highest BCUT2D eigenvalue weighted by Gasteiger charge is 2.28. The zero-order valence-electron chi connectivity index (χ0n) is 13.7. The summed E-state index contributed by atoms with van der Waals surface area (Å²) in [5.41, 5.74) is 2.25. The molecule has 0 bridgehead atoms. The van der Waals surface area contributed by atoms with E-state index in [9.17, 15) is 9.18 Å². The molecule has 5 nitrogen and oxygen atoms in total. The lowest BCUT2D eigenvalue weighted by atomic mass is 10.00. The van der Waals surface area contributed by atoms with Crippen LogP contribution in [0.2, 0.25) is 5.02 Å². The van der Waals surface area contributed by atoms with Crippen molar-refractivity contribution in [3.63, 3.8) is 0 Å². The number of halogens is 2. The summed E-state index contributed by atoms with van der Waals surface area (Å²) in [6, 6.07) is 11.5. The van der Waals surface area contributed by atoms with Crippen LogP contribution in [0.15, 0.2) is 59.9 Å². The average molecular weight is 370 g/mol. The first-order chi connectivity index (χ1) is 12.5. The zero-order chi connectivity index (χ0) is 18.3. The van der Waals surface area contributed by atoms with Crippen molar-refractivity contribution >= 4 is 23.3 Å². The Morgan fingerprint density at radius 2 is 2.04 bits per heavy atom. The van der Waals surface area contributed by atoms with E-state index >= 15 is 0 Å². The van der Waals surface area contributed by atoms with Gasteiger partial charge in [-0.05, 0) is 24.3 Å². The van der Waals surface area contributed by atoms with Crippen LogP contribution in [0.1, 0.15) is 30.1 Å². The van der Waals surface area contributed by atoms with Gasteiger partial charge in [0.25, 0.3) is 6.23 Å². The Morgan fingerprint density at radius 3 is 2.81 bits per heavy atom. The molecule has 0 N–H and O–H groups in total. The van der Waals surface area contributed by atoms with Crippen LogP contribution >= 0.6 is 11.6 Å². The fourth-order valence-corrected chi connectivity index (χ4v) is 3.18. The van der Waals surface area contributed by atoms with Crippen LogP contribution in [-0.4, -0.2) is 21.2 Å². The Kier molecular flexibility index (Phi) is 4.05. The third-order valence-corrected chi connectivity index (χ3v) is 4.35. The molecule has 130 valence electrons. The fourth-order valence-electron chi connectivity index (χ4n) is 2.96. The second-order valence-corrected chi connectivity index (χ2v) is 6.14. The summed E-state index contributed by atoms with van der Waals surface area (Å²) in [6.07, 6.45) is 2.33.